The van der Waals surface area contributed by atoms with Crippen molar-refractivity contribution in [2.24, 2.45) is 5.73 Å². The average Bonchev–Trinajstić information content (AvgIpc) is 2.38. The lowest BCUT2D eigenvalue weighted by Crippen LogP contribution is -2.53. The van der Waals surface area contributed by atoms with Crippen LogP contribution in [-0.4, -0.2) is 37.0 Å². The standard InChI is InChI=1S/C15H25N3O/c1-5-15(2,16)14(19)17-13(11-18(3)4)12-9-7-6-8-10-12/h6-10,13H,5,11,16H2,1-4H3,(H,17,19). The van der Waals surface area contributed by atoms with Crippen LogP contribution in [0.4, 0.5) is 0 Å². The van der Waals surface area contributed by atoms with Crippen LogP contribution in [0, 0.1) is 0 Å². The van der Waals surface area contributed by atoms with Crippen LogP contribution in [-0.2, 0) is 4.79 Å². The number of carbonyl (C=O) groups excluding carboxylic acids is 1. The fourth-order valence-corrected chi connectivity index (χ4v) is 1.77. The van der Waals surface area contributed by atoms with E-state index in [1.807, 2.05) is 51.4 Å². The van der Waals surface area contributed by atoms with Gasteiger partial charge in [-0.25, -0.2) is 0 Å². The molecule has 0 radical (unpaired) electrons. The lowest BCUT2D eigenvalue weighted by Gasteiger charge is -2.28. The van der Waals surface area contributed by atoms with Gasteiger partial charge in [0.1, 0.15) is 0 Å². The van der Waals surface area contributed by atoms with Gasteiger partial charge in [0.25, 0.3) is 0 Å². The third-order valence-corrected chi connectivity index (χ3v) is 3.31. The van der Waals surface area contributed by atoms with Crippen molar-refractivity contribution < 1.29 is 4.79 Å². The van der Waals surface area contributed by atoms with Crippen LogP contribution in [0.1, 0.15) is 31.9 Å². The normalized spacial score (nSPS) is 15.9. The highest BCUT2D eigenvalue weighted by Gasteiger charge is 2.28. The molecule has 1 amide bonds. The van der Waals surface area contributed by atoms with E-state index in [4.69, 9.17) is 5.73 Å². The van der Waals surface area contributed by atoms with E-state index in [1.54, 1.807) is 6.92 Å². The number of rotatable bonds is 6. The number of nitrogens with one attached hydrogen (secondary N) is 1. The summed E-state index contributed by atoms with van der Waals surface area (Å²) in [5.41, 5.74) is 6.26. The minimum Gasteiger partial charge on any atom is -0.346 e. The maximum atomic E-state index is 12.2. The van der Waals surface area contributed by atoms with Gasteiger partial charge in [-0.3, -0.25) is 4.79 Å². The Kier molecular flexibility index (Phi) is 5.51. The Bertz CT molecular complexity index is 401. The Morgan fingerprint density at radius 2 is 1.95 bits per heavy atom. The summed E-state index contributed by atoms with van der Waals surface area (Å²) in [7, 11) is 3.98. The number of nitrogens with two attached hydrogens (primary N) is 1. The van der Waals surface area contributed by atoms with Crippen LogP contribution in [0.15, 0.2) is 30.3 Å². The molecular weight excluding hydrogens is 238 g/mol. The first-order valence-electron chi connectivity index (χ1n) is 6.66. The Morgan fingerprint density at radius 1 is 1.37 bits per heavy atom. The van der Waals surface area contributed by atoms with Gasteiger partial charge in [0, 0.05) is 6.54 Å². The maximum Gasteiger partial charge on any atom is 0.240 e. The summed E-state index contributed by atoms with van der Waals surface area (Å²) < 4.78 is 0. The van der Waals surface area contributed by atoms with Crippen molar-refractivity contribution in [3.8, 4) is 0 Å². The number of amides is 1. The highest BCUT2D eigenvalue weighted by molar-refractivity contribution is 5.85. The van der Waals surface area contributed by atoms with Gasteiger partial charge in [0.15, 0.2) is 0 Å². The first-order valence-corrected chi connectivity index (χ1v) is 6.66. The van der Waals surface area contributed by atoms with E-state index in [0.29, 0.717) is 6.42 Å². The molecule has 0 heterocycles. The molecular formula is C15H25N3O. The molecule has 0 saturated heterocycles. The molecule has 0 aliphatic rings. The second kappa shape index (κ2) is 6.68. The number of likely N-dealkylation sites (N-methyl/N-ethyl adjacent to an activating group) is 1. The second-order valence-electron chi connectivity index (χ2n) is 5.47. The van der Waals surface area contributed by atoms with E-state index < -0.39 is 5.54 Å². The summed E-state index contributed by atoms with van der Waals surface area (Å²) in [6.45, 7) is 4.43. The summed E-state index contributed by atoms with van der Waals surface area (Å²) in [5, 5.41) is 3.05. The summed E-state index contributed by atoms with van der Waals surface area (Å²) in [6.07, 6.45) is 0.613. The molecule has 4 nitrogen and oxygen atoms in total. The molecule has 0 fully saturated rings. The van der Waals surface area contributed by atoms with Gasteiger partial charge in [0.2, 0.25) is 5.91 Å². The van der Waals surface area contributed by atoms with Gasteiger partial charge >= 0.3 is 0 Å². The second-order valence-corrected chi connectivity index (χ2v) is 5.47. The van der Waals surface area contributed by atoms with E-state index in [0.717, 1.165) is 12.1 Å². The van der Waals surface area contributed by atoms with Crippen LogP contribution < -0.4 is 11.1 Å². The molecule has 0 spiro atoms. The summed E-state index contributed by atoms with van der Waals surface area (Å²) >= 11 is 0. The monoisotopic (exact) mass is 263 g/mol. The highest BCUT2D eigenvalue weighted by Crippen LogP contribution is 2.15. The maximum absolute atomic E-state index is 12.2. The molecule has 1 aromatic rings. The van der Waals surface area contributed by atoms with Gasteiger partial charge in [0.05, 0.1) is 11.6 Å². The van der Waals surface area contributed by atoms with Crippen LogP contribution in [0.2, 0.25) is 0 Å². The minimum atomic E-state index is -0.820. The molecule has 106 valence electrons. The zero-order chi connectivity index (χ0) is 14.5. The molecule has 4 heteroatoms. The summed E-state index contributed by atoms with van der Waals surface area (Å²) in [5.74, 6) is -0.106. The van der Waals surface area contributed by atoms with Crippen LogP contribution in [0.25, 0.3) is 0 Å². The number of hydrogen-bond donors (Lipinski definition) is 2. The molecule has 0 aliphatic heterocycles. The third kappa shape index (κ3) is 4.65. The lowest BCUT2D eigenvalue weighted by molar-refractivity contribution is -0.126. The van der Waals surface area contributed by atoms with Gasteiger partial charge in [-0.05, 0) is 33.0 Å². The van der Waals surface area contributed by atoms with Gasteiger partial charge < -0.3 is 16.0 Å². The van der Waals surface area contributed by atoms with E-state index >= 15 is 0 Å². The molecule has 1 aromatic carbocycles. The van der Waals surface area contributed by atoms with E-state index in [-0.39, 0.29) is 11.9 Å². The predicted molar refractivity (Wildman–Crippen MR) is 78.8 cm³/mol. The Morgan fingerprint density at radius 3 is 2.42 bits per heavy atom. The SMILES string of the molecule is CCC(C)(N)C(=O)NC(CN(C)C)c1ccccc1. The molecule has 0 bridgehead atoms. The molecule has 2 unspecified atom stereocenters. The highest BCUT2D eigenvalue weighted by atomic mass is 16.2. The van der Waals surface area contributed by atoms with Crippen LogP contribution in [0.5, 0.6) is 0 Å². The largest absolute Gasteiger partial charge is 0.346 e. The van der Waals surface area contributed by atoms with Gasteiger partial charge in [-0.1, -0.05) is 37.3 Å². The van der Waals surface area contributed by atoms with E-state index in [1.165, 1.54) is 0 Å². The molecule has 3 N–H and O–H groups in total. The predicted octanol–water partition coefficient (Wildman–Crippen LogP) is 1.53. The molecule has 0 saturated carbocycles. The number of benzene rings is 1. The average molecular weight is 263 g/mol. The molecule has 0 aromatic heterocycles. The van der Waals surface area contributed by atoms with Gasteiger partial charge in [-0.15, -0.1) is 0 Å². The molecule has 1 rings (SSSR count). The van der Waals surface area contributed by atoms with Crippen LogP contribution >= 0.6 is 0 Å². The zero-order valence-electron chi connectivity index (χ0n) is 12.3. The Balaban J connectivity index is 2.85. The fraction of sp³-hybridized carbons (Fsp3) is 0.533. The Hall–Kier alpha value is -1.39. The van der Waals surface area contributed by atoms with Gasteiger partial charge in [-0.2, -0.15) is 0 Å². The molecule has 0 aliphatic carbocycles. The zero-order valence-corrected chi connectivity index (χ0v) is 12.3. The third-order valence-electron chi connectivity index (χ3n) is 3.31. The van der Waals surface area contributed by atoms with Crippen molar-refractivity contribution in [2.45, 2.75) is 31.8 Å². The van der Waals surface area contributed by atoms with E-state index in [2.05, 4.69) is 10.2 Å². The van der Waals surface area contributed by atoms with Crippen molar-refractivity contribution >= 4 is 5.91 Å². The quantitative estimate of drug-likeness (QED) is 0.818. The van der Waals surface area contributed by atoms with Crippen molar-refractivity contribution in [1.29, 1.82) is 0 Å². The van der Waals surface area contributed by atoms with E-state index in [9.17, 15) is 4.79 Å². The molecule has 19 heavy (non-hydrogen) atoms. The van der Waals surface area contributed by atoms with Crippen molar-refractivity contribution in [3.05, 3.63) is 35.9 Å². The summed E-state index contributed by atoms with van der Waals surface area (Å²) in [6, 6.07) is 9.93. The topological polar surface area (TPSA) is 58.4 Å². The summed E-state index contributed by atoms with van der Waals surface area (Å²) in [4.78, 5) is 14.3. The fourth-order valence-electron chi connectivity index (χ4n) is 1.77. The van der Waals surface area contributed by atoms with Crippen molar-refractivity contribution in [3.63, 3.8) is 0 Å². The minimum absolute atomic E-state index is 0.0434. The molecule has 2 atom stereocenters. The van der Waals surface area contributed by atoms with Crippen LogP contribution in [0.3, 0.4) is 0 Å². The number of nitrogens with zero attached hydrogens (tertiary/aromatic N) is 1. The number of hydrogen-bond acceptors (Lipinski definition) is 3. The first kappa shape index (κ1) is 15.7. The van der Waals surface area contributed by atoms with Crippen molar-refractivity contribution in [2.75, 3.05) is 20.6 Å². The first-order chi connectivity index (χ1) is 8.86. The Labute approximate surface area is 116 Å². The number of carbonyl (C=O) groups is 1. The lowest BCUT2D eigenvalue weighted by atomic mass is 9.97. The smallest absolute Gasteiger partial charge is 0.240 e. The van der Waals surface area contributed by atoms with Crippen molar-refractivity contribution in [1.82, 2.24) is 10.2 Å².